The molecular formula is C25H17BrClN3O8. The Bertz CT molecular complexity index is 1510. The molecule has 11 nitrogen and oxygen atoms in total. The van der Waals surface area contributed by atoms with Gasteiger partial charge in [0.2, 0.25) is 5.90 Å². The molecule has 0 saturated heterocycles. The van der Waals surface area contributed by atoms with Crippen LogP contribution in [0.15, 0.2) is 69.8 Å². The van der Waals surface area contributed by atoms with Crippen LogP contribution in [-0.2, 0) is 16.1 Å². The van der Waals surface area contributed by atoms with Gasteiger partial charge >= 0.3 is 5.97 Å². The van der Waals surface area contributed by atoms with Gasteiger partial charge in [0, 0.05) is 24.3 Å². The highest BCUT2D eigenvalue weighted by Crippen LogP contribution is 2.38. The fourth-order valence-corrected chi connectivity index (χ4v) is 4.19. The van der Waals surface area contributed by atoms with Crippen LogP contribution < -0.4 is 9.47 Å². The van der Waals surface area contributed by atoms with Crippen molar-refractivity contribution in [3.8, 4) is 11.5 Å². The number of cyclic esters (lactones) is 1. The second-order valence-electron chi connectivity index (χ2n) is 7.73. The lowest BCUT2D eigenvalue weighted by atomic mass is 10.1. The summed E-state index contributed by atoms with van der Waals surface area (Å²) in [5.74, 6) is -0.126. The average Bonchev–Trinajstić information content (AvgIpc) is 3.23. The molecule has 0 fully saturated rings. The molecule has 38 heavy (non-hydrogen) atoms. The van der Waals surface area contributed by atoms with E-state index >= 15 is 0 Å². The molecule has 0 atom stereocenters. The number of nitro groups is 2. The first-order chi connectivity index (χ1) is 18.2. The third kappa shape index (κ3) is 5.98. The van der Waals surface area contributed by atoms with E-state index in [-0.39, 0.29) is 40.2 Å². The number of nitrogens with zero attached hydrogens (tertiary/aromatic N) is 3. The van der Waals surface area contributed by atoms with Crippen LogP contribution in [0.4, 0.5) is 11.4 Å². The number of hydrogen-bond donors (Lipinski definition) is 0. The van der Waals surface area contributed by atoms with E-state index in [1.54, 1.807) is 31.2 Å². The Balaban J connectivity index is 1.61. The summed E-state index contributed by atoms with van der Waals surface area (Å²) in [6.07, 6.45) is 1.47. The molecule has 0 aliphatic carbocycles. The summed E-state index contributed by atoms with van der Waals surface area (Å²) in [6, 6.07) is 13.0. The lowest BCUT2D eigenvalue weighted by Crippen LogP contribution is -2.06. The minimum Gasteiger partial charge on any atom is -0.490 e. The molecule has 1 aliphatic rings. The quantitative estimate of drug-likeness (QED) is 0.121. The molecule has 0 amide bonds. The topological polar surface area (TPSA) is 143 Å². The van der Waals surface area contributed by atoms with Crippen molar-refractivity contribution in [2.24, 2.45) is 4.99 Å². The lowest BCUT2D eigenvalue weighted by molar-refractivity contribution is -0.385. The van der Waals surface area contributed by atoms with Gasteiger partial charge in [0.05, 0.1) is 31.5 Å². The average molecular weight is 603 g/mol. The van der Waals surface area contributed by atoms with E-state index in [1.165, 1.54) is 36.4 Å². The first-order valence-corrected chi connectivity index (χ1v) is 12.1. The second-order valence-corrected chi connectivity index (χ2v) is 8.99. The Hall–Kier alpha value is -4.29. The first kappa shape index (κ1) is 26.8. The summed E-state index contributed by atoms with van der Waals surface area (Å²) in [7, 11) is 0. The van der Waals surface area contributed by atoms with Gasteiger partial charge in [-0.05, 0) is 70.4 Å². The van der Waals surface area contributed by atoms with Gasteiger partial charge in [-0.25, -0.2) is 9.79 Å². The Morgan fingerprint density at radius 2 is 1.71 bits per heavy atom. The van der Waals surface area contributed by atoms with E-state index in [9.17, 15) is 25.0 Å². The summed E-state index contributed by atoms with van der Waals surface area (Å²) in [5, 5.41) is 22.1. The van der Waals surface area contributed by atoms with E-state index in [0.29, 0.717) is 33.7 Å². The van der Waals surface area contributed by atoms with Crippen molar-refractivity contribution in [3.05, 3.63) is 107 Å². The lowest BCUT2D eigenvalue weighted by Gasteiger charge is -2.15. The molecule has 1 heterocycles. The fraction of sp³-hybridized carbons (Fsp3) is 0.120. The largest absolute Gasteiger partial charge is 0.490 e. The van der Waals surface area contributed by atoms with Gasteiger partial charge in [0.1, 0.15) is 6.61 Å². The highest BCUT2D eigenvalue weighted by atomic mass is 79.9. The van der Waals surface area contributed by atoms with Gasteiger partial charge in [-0.15, -0.1) is 0 Å². The van der Waals surface area contributed by atoms with E-state index in [4.69, 9.17) is 25.8 Å². The third-order valence-electron chi connectivity index (χ3n) is 5.18. The number of benzene rings is 3. The van der Waals surface area contributed by atoms with Crippen molar-refractivity contribution in [1.29, 1.82) is 0 Å². The molecule has 13 heteroatoms. The standard InChI is InChI=1S/C25H17BrClN3O8/c1-2-36-22-11-15(9-19(26)23(22)37-13-14-3-5-16(6-4-14)29(32)33)10-21-25(31)38-24(28-21)18-12-17(30(34)35)7-8-20(18)27/h3-12H,2,13H2,1H3/b21-10-. The van der Waals surface area contributed by atoms with E-state index in [0.717, 1.165) is 0 Å². The SMILES string of the molecule is CCOc1cc(/C=C2\N=C(c3cc([N+](=O)[O-])ccc3Cl)OC2=O)cc(Br)c1OCc1ccc([N+](=O)[O-])cc1. The molecule has 0 N–H and O–H groups in total. The van der Waals surface area contributed by atoms with Gasteiger partial charge in [-0.3, -0.25) is 20.2 Å². The van der Waals surface area contributed by atoms with Crippen LogP contribution in [0.25, 0.3) is 6.08 Å². The van der Waals surface area contributed by atoms with Crippen LogP contribution in [0.5, 0.6) is 11.5 Å². The number of ether oxygens (including phenoxy) is 3. The smallest absolute Gasteiger partial charge is 0.363 e. The van der Waals surface area contributed by atoms with Gasteiger partial charge in [0.25, 0.3) is 11.4 Å². The maximum absolute atomic E-state index is 12.5. The Morgan fingerprint density at radius 3 is 2.37 bits per heavy atom. The van der Waals surface area contributed by atoms with Crippen LogP contribution in [0.3, 0.4) is 0 Å². The number of carbonyl (C=O) groups is 1. The van der Waals surface area contributed by atoms with Crippen LogP contribution in [0, 0.1) is 20.2 Å². The number of esters is 1. The summed E-state index contributed by atoms with van der Waals surface area (Å²) in [5.41, 5.74) is 1.07. The van der Waals surface area contributed by atoms with Crippen molar-refractivity contribution in [2.75, 3.05) is 6.61 Å². The van der Waals surface area contributed by atoms with Crippen molar-refractivity contribution in [1.82, 2.24) is 0 Å². The third-order valence-corrected chi connectivity index (χ3v) is 6.10. The first-order valence-electron chi connectivity index (χ1n) is 11.0. The van der Waals surface area contributed by atoms with Gasteiger partial charge in [0.15, 0.2) is 17.2 Å². The van der Waals surface area contributed by atoms with Crippen LogP contribution >= 0.6 is 27.5 Å². The van der Waals surface area contributed by atoms with Crippen molar-refractivity contribution < 1.29 is 28.9 Å². The highest BCUT2D eigenvalue weighted by Gasteiger charge is 2.27. The Labute approximate surface area is 228 Å². The van der Waals surface area contributed by atoms with Gasteiger partial charge in [-0.1, -0.05) is 11.6 Å². The zero-order valence-electron chi connectivity index (χ0n) is 19.6. The number of aliphatic imine (C=N–C) groups is 1. The molecule has 1 aliphatic heterocycles. The molecule has 194 valence electrons. The summed E-state index contributed by atoms with van der Waals surface area (Å²) >= 11 is 9.60. The number of non-ortho nitro benzene ring substituents is 2. The number of rotatable bonds is 9. The Kier molecular flexibility index (Phi) is 8.03. The van der Waals surface area contributed by atoms with Crippen molar-refractivity contribution in [3.63, 3.8) is 0 Å². The zero-order valence-corrected chi connectivity index (χ0v) is 21.9. The molecule has 4 rings (SSSR count). The van der Waals surface area contributed by atoms with E-state index in [1.807, 2.05) is 0 Å². The molecule has 0 aromatic heterocycles. The number of halogens is 2. The highest BCUT2D eigenvalue weighted by molar-refractivity contribution is 9.10. The maximum atomic E-state index is 12.5. The molecule has 0 unspecified atom stereocenters. The van der Waals surface area contributed by atoms with Crippen LogP contribution in [-0.4, -0.2) is 28.3 Å². The molecule has 0 spiro atoms. The number of carbonyl (C=O) groups excluding carboxylic acids is 1. The normalized spacial score (nSPS) is 13.7. The van der Waals surface area contributed by atoms with E-state index in [2.05, 4.69) is 20.9 Å². The molecular weight excluding hydrogens is 586 g/mol. The zero-order chi connectivity index (χ0) is 27.4. The van der Waals surface area contributed by atoms with Gasteiger partial charge < -0.3 is 14.2 Å². The summed E-state index contributed by atoms with van der Waals surface area (Å²) in [4.78, 5) is 37.6. The monoisotopic (exact) mass is 601 g/mol. The number of hydrogen-bond acceptors (Lipinski definition) is 9. The molecule has 0 bridgehead atoms. The molecule has 3 aromatic carbocycles. The molecule has 0 saturated carbocycles. The van der Waals surface area contributed by atoms with Crippen LogP contribution in [0.2, 0.25) is 5.02 Å². The minimum absolute atomic E-state index is 0.0219. The second kappa shape index (κ2) is 11.4. The predicted octanol–water partition coefficient (Wildman–Crippen LogP) is 6.24. The maximum Gasteiger partial charge on any atom is 0.363 e. The van der Waals surface area contributed by atoms with Gasteiger partial charge in [-0.2, -0.15) is 0 Å². The molecule has 0 radical (unpaired) electrons. The summed E-state index contributed by atoms with van der Waals surface area (Å²) in [6.45, 7) is 2.25. The molecule has 3 aromatic rings. The van der Waals surface area contributed by atoms with Crippen LogP contribution in [0.1, 0.15) is 23.6 Å². The van der Waals surface area contributed by atoms with Crippen molar-refractivity contribution in [2.45, 2.75) is 13.5 Å². The van der Waals surface area contributed by atoms with E-state index < -0.39 is 15.8 Å². The minimum atomic E-state index is -0.754. The predicted molar refractivity (Wildman–Crippen MR) is 141 cm³/mol. The van der Waals surface area contributed by atoms with Crippen molar-refractivity contribution >= 4 is 56.8 Å². The number of nitro benzene ring substituents is 2. The Morgan fingerprint density at radius 1 is 1.03 bits per heavy atom. The fourth-order valence-electron chi connectivity index (χ4n) is 3.42. The summed E-state index contributed by atoms with van der Waals surface area (Å²) < 4.78 is 17.4.